The van der Waals surface area contributed by atoms with Gasteiger partial charge < -0.3 is 25.0 Å². The number of likely N-dealkylation sites (tertiary alicyclic amines) is 1. The zero-order chi connectivity index (χ0) is 21.2. The van der Waals surface area contributed by atoms with E-state index in [-0.39, 0.29) is 36.0 Å². The van der Waals surface area contributed by atoms with E-state index in [1.54, 1.807) is 7.11 Å². The van der Waals surface area contributed by atoms with Crippen LogP contribution in [-0.4, -0.2) is 56.2 Å². The van der Waals surface area contributed by atoms with Gasteiger partial charge in [0, 0.05) is 38.2 Å². The number of guanidine groups is 1. The van der Waals surface area contributed by atoms with E-state index in [1.165, 1.54) is 12.8 Å². The standard InChI is InChI=1S/C23H36N4O3.HI/c1-3-24-23(25-14-8-16-27-15-7-13-21(27)28)26-17-18-9-6-12-20(29-2)22(18)30-19-10-4-5-11-19;/h6,9,12,19H,3-5,7-8,10-11,13-17H2,1-2H3,(H2,24,25,26);1H. The number of halogens is 1. The molecule has 1 saturated carbocycles. The second-order valence-corrected chi connectivity index (χ2v) is 7.93. The largest absolute Gasteiger partial charge is 0.493 e. The highest BCUT2D eigenvalue weighted by atomic mass is 127. The topological polar surface area (TPSA) is 75.2 Å². The summed E-state index contributed by atoms with van der Waals surface area (Å²) in [5, 5.41) is 6.68. The van der Waals surface area contributed by atoms with Crippen LogP contribution < -0.4 is 20.1 Å². The zero-order valence-corrected chi connectivity index (χ0v) is 21.2. The van der Waals surface area contributed by atoms with Gasteiger partial charge in [-0.3, -0.25) is 4.79 Å². The minimum Gasteiger partial charge on any atom is -0.493 e. The van der Waals surface area contributed by atoms with E-state index in [2.05, 4.69) is 23.6 Å². The number of methoxy groups -OCH3 is 1. The molecule has 2 fully saturated rings. The number of hydrogen-bond acceptors (Lipinski definition) is 4. The Bertz CT molecular complexity index is 723. The normalized spacial score (nSPS) is 16.9. The van der Waals surface area contributed by atoms with Crippen molar-refractivity contribution in [1.82, 2.24) is 15.5 Å². The number of nitrogens with zero attached hydrogens (tertiary/aromatic N) is 2. The van der Waals surface area contributed by atoms with Crippen LogP contribution in [0.3, 0.4) is 0 Å². The van der Waals surface area contributed by atoms with Crippen molar-refractivity contribution in [3.8, 4) is 11.5 Å². The second kappa shape index (κ2) is 13.6. The summed E-state index contributed by atoms with van der Waals surface area (Å²) in [7, 11) is 1.68. The molecule has 8 heteroatoms. The van der Waals surface area contributed by atoms with Gasteiger partial charge in [0.2, 0.25) is 5.91 Å². The van der Waals surface area contributed by atoms with Crippen molar-refractivity contribution in [2.24, 2.45) is 4.99 Å². The monoisotopic (exact) mass is 544 g/mol. The lowest BCUT2D eigenvalue weighted by molar-refractivity contribution is -0.127. The molecule has 0 radical (unpaired) electrons. The number of carbonyl (C=O) groups is 1. The van der Waals surface area contributed by atoms with E-state index in [4.69, 9.17) is 14.5 Å². The lowest BCUT2D eigenvalue weighted by Gasteiger charge is -2.19. The maximum Gasteiger partial charge on any atom is 0.222 e. The minimum absolute atomic E-state index is 0. The highest BCUT2D eigenvalue weighted by molar-refractivity contribution is 14.0. The molecular weight excluding hydrogens is 507 g/mol. The van der Waals surface area contributed by atoms with Crippen LogP contribution in [0.1, 0.15) is 57.4 Å². The molecule has 31 heavy (non-hydrogen) atoms. The highest BCUT2D eigenvalue weighted by Gasteiger charge is 2.21. The van der Waals surface area contributed by atoms with Gasteiger partial charge in [0.05, 0.1) is 19.8 Å². The maximum absolute atomic E-state index is 11.7. The fourth-order valence-electron chi connectivity index (χ4n) is 4.08. The molecule has 1 aliphatic heterocycles. The van der Waals surface area contributed by atoms with Crippen LogP contribution >= 0.6 is 24.0 Å². The van der Waals surface area contributed by atoms with E-state index in [0.717, 1.165) is 74.9 Å². The molecule has 1 aliphatic carbocycles. The number of benzene rings is 1. The molecular formula is C23H37IN4O3. The van der Waals surface area contributed by atoms with Gasteiger partial charge in [-0.05, 0) is 51.5 Å². The van der Waals surface area contributed by atoms with Crippen molar-refractivity contribution in [2.75, 3.05) is 33.3 Å². The third-order valence-electron chi connectivity index (χ3n) is 5.69. The zero-order valence-electron chi connectivity index (χ0n) is 18.8. The number of rotatable bonds is 10. The van der Waals surface area contributed by atoms with Crippen LogP contribution in [-0.2, 0) is 11.3 Å². The Morgan fingerprint density at radius 1 is 1.23 bits per heavy atom. The first kappa shape index (κ1) is 25.5. The number of nitrogens with one attached hydrogen (secondary N) is 2. The Morgan fingerprint density at radius 3 is 2.71 bits per heavy atom. The molecule has 1 saturated heterocycles. The Hall–Kier alpha value is -1.71. The summed E-state index contributed by atoms with van der Waals surface area (Å²) in [5.74, 6) is 2.64. The average molecular weight is 544 g/mol. The van der Waals surface area contributed by atoms with E-state index >= 15 is 0 Å². The fourth-order valence-corrected chi connectivity index (χ4v) is 4.08. The lowest BCUT2D eigenvalue weighted by Crippen LogP contribution is -2.39. The number of ether oxygens (including phenoxy) is 2. The summed E-state index contributed by atoms with van der Waals surface area (Å²) < 4.78 is 11.9. The Labute approximate surface area is 203 Å². The Morgan fingerprint density at radius 2 is 2.03 bits per heavy atom. The molecule has 1 aromatic rings. The predicted octanol–water partition coefficient (Wildman–Crippen LogP) is 3.70. The number of carbonyl (C=O) groups excluding carboxylic acids is 1. The Balaban J connectivity index is 0.00000341. The van der Waals surface area contributed by atoms with Crippen molar-refractivity contribution in [3.05, 3.63) is 23.8 Å². The maximum atomic E-state index is 11.7. The van der Waals surface area contributed by atoms with Crippen molar-refractivity contribution in [3.63, 3.8) is 0 Å². The third-order valence-corrected chi connectivity index (χ3v) is 5.69. The Kier molecular flexibility index (Phi) is 11.2. The van der Waals surface area contributed by atoms with Crippen LogP contribution in [0.2, 0.25) is 0 Å². The number of hydrogen-bond donors (Lipinski definition) is 2. The van der Waals surface area contributed by atoms with Crippen LogP contribution in [0.25, 0.3) is 0 Å². The molecule has 0 unspecified atom stereocenters. The lowest BCUT2D eigenvalue weighted by atomic mass is 10.1. The number of para-hydroxylation sites is 1. The first-order valence-corrected chi connectivity index (χ1v) is 11.3. The SMILES string of the molecule is CCNC(=NCc1cccc(OC)c1OC1CCCC1)NCCCN1CCCC1=O.I. The van der Waals surface area contributed by atoms with Crippen molar-refractivity contribution in [2.45, 2.75) is 64.5 Å². The van der Waals surface area contributed by atoms with E-state index < -0.39 is 0 Å². The number of amides is 1. The quantitative estimate of drug-likeness (QED) is 0.204. The first-order chi connectivity index (χ1) is 14.7. The van der Waals surface area contributed by atoms with Crippen LogP contribution in [0.5, 0.6) is 11.5 Å². The van der Waals surface area contributed by atoms with Crippen LogP contribution in [0.4, 0.5) is 0 Å². The summed E-state index contributed by atoms with van der Waals surface area (Å²) in [6.07, 6.45) is 7.52. The molecule has 1 heterocycles. The molecule has 0 atom stereocenters. The minimum atomic E-state index is 0. The van der Waals surface area contributed by atoms with E-state index in [9.17, 15) is 4.79 Å². The second-order valence-electron chi connectivity index (χ2n) is 7.93. The van der Waals surface area contributed by atoms with Crippen LogP contribution in [0, 0.1) is 0 Å². The molecule has 1 aromatic carbocycles. The summed E-state index contributed by atoms with van der Waals surface area (Å²) in [6.45, 7) is 5.84. The third kappa shape index (κ3) is 7.73. The molecule has 0 spiro atoms. The molecule has 1 amide bonds. The van der Waals surface area contributed by atoms with Crippen molar-refractivity contribution in [1.29, 1.82) is 0 Å². The van der Waals surface area contributed by atoms with Crippen molar-refractivity contribution >= 4 is 35.8 Å². The van der Waals surface area contributed by atoms with Gasteiger partial charge in [-0.2, -0.15) is 0 Å². The molecule has 3 rings (SSSR count). The first-order valence-electron chi connectivity index (χ1n) is 11.3. The smallest absolute Gasteiger partial charge is 0.222 e. The van der Waals surface area contributed by atoms with Gasteiger partial charge >= 0.3 is 0 Å². The summed E-state index contributed by atoms with van der Waals surface area (Å²) in [5.41, 5.74) is 1.03. The highest BCUT2D eigenvalue weighted by Crippen LogP contribution is 2.35. The molecule has 2 aliphatic rings. The van der Waals surface area contributed by atoms with E-state index in [0.29, 0.717) is 13.0 Å². The summed E-state index contributed by atoms with van der Waals surface area (Å²) in [6, 6.07) is 5.98. The molecule has 0 bridgehead atoms. The van der Waals surface area contributed by atoms with Gasteiger partial charge in [-0.15, -0.1) is 24.0 Å². The molecule has 0 aromatic heterocycles. The van der Waals surface area contributed by atoms with Gasteiger partial charge in [0.15, 0.2) is 17.5 Å². The van der Waals surface area contributed by atoms with E-state index in [1.807, 2.05) is 17.0 Å². The predicted molar refractivity (Wildman–Crippen MR) is 135 cm³/mol. The molecule has 174 valence electrons. The van der Waals surface area contributed by atoms with Gasteiger partial charge in [-0.25, -0.2) is 4.99 Å². The van der Waals surface area contributed by atoms with Gasteiger partial charge in [0.25, 0.3) is 0 Å². The summed E-state index contributed by atoms with van der Waals surface area (Å²) >= 11 is 0. The molecule has 2 N–H and O–H groups in total. The van der Waals surface area contributed by atoms with Gasteiger partial charge in [0.1, 0.15) is 0 Å². The number of aliphatic imine (C=N–C) groups is 1. The van der Waals surface area contributed by atoms with Crippen molar-refractivity contribution < 1.29 is 14.3 Å². The van der Waals surface area contributed by atoms with Gasteiger partial charge in [-0.1, -0.05) is 12.1 Å². The van der Waals surface area contributed by atoms with Crippen LogP contribution in [0.15, 0.2) is 23.2 Å². The average Bonchev–Trinajstić information content (AvgIpc) is 3.41. The summed E-state index contributed by atoms with van der Waals surface area (Å²) in [4.78, 5) is 18.4. The molecule has 7 nitrogen and oxygen atoms in total. The fraction of sp³-hybridized carbons (Fsp3) is 0.652.